The van der Waals surface area contributed by atoms with Crippen molar-refractivity contribution >= 4 is 55.3 Å². The average Bonchev–Trinajstić information content (AvgIpc) is 3.89. The number of hydrogen-bond acceptors (Lipinski definition) is 4. The van der Waals surface area contributed by atoms with E-state index >= 15 is 0 Å². The molecule has 0 bridgehead atoms. The van der Waals surface area contributed by atoms with Gasteiger partial charge in [-0.25, -0.2) is 0 Å². The van der Waals surface area contributed by atoms with E-state index in [1.54, 1.807) is 22.7 Å². The molecule has 3 heterocycles. The highest BCUT2D eigenvalue weighted by Crippen LogP contribution is 2.39. The van der Waals surface area contributed by atoms with Gasteiger partial charge in [-0.3, -0.25) is 9.97 Å². The number of fused-ring (bicyclic) bond motifs is 4. The van der Waals surface area contributed by atoms with E-state index in [-0.39, 0.29) is 0 Å². The largest absolute Gasteiger partial charge is 0.309 e. The molecule has 0 aliphatic carbocycles. The predicted molar refractivity (Wildman–Crippen MR) is 191 cm³/mol. The van der Waals surface area contributed by atoms with E-state index in [0.29, 0.717) is 0 Å². The minimum absolute atomic E-state index is 1.18. The van der Waals surface area contributed by atoms with E-state index < -0.39 is 0 Å². The molecule has 0 radical (unpaired) electrons. The molecule has 3 aromatic heterocycles. The van der Waals surface area contributed by atoms with Crippen LogP contribution in [0.5, 0.6) is 0 Å². The maximum atomic E-state index is 4.30. The van der Waals surface area contributed by atoms with Crippen LogP contribution in [0.4, 0.5) is 0 Å². The monoisotopic (exact) mass is 611 g/mol. The highest BCUT2D eigenvalue weighted by atomic mass is 32.1. The maximum Gasteiger partial charge on any atom is 0.0797 e. The van der Waals surface area contributed by atoms with Gasteiger partial charge >= 0.3 is 0 Å². The lowest BCUT2D eigenvalue weighted by molar-refractivity contribution is 1.20. The Morgan fingerprint density at radius 1 is 0.422 bits per heavy atom. The van der Waals surface area contributed by atoms with Gasteiger partial charge in [0.25, 0.3) is 0 Å². The summed E-state index contributed by atoms with van der Waals surface area (Å²) in [7, 11) is 0. The summed E-state index contributed by atoms with van der Waals surface area (Å²) in [6.45, 7) is 0. The van der Waals surface area contributed by atoms with Crippen LogP contribution in [0.3, 0.4) is 0 Å². The van der Waals surface area contributed by atoms with Crippen LogP contribution in [-0.2, 0) is 0 Å². The van der Waals surface area contributed by atoms with E-state index in [1.807, 2.05) is 23.4 Å². The third-order valence-electron chi connectivity index (χ3n) is 8.60. The van der Waals surface area contributed by atoms with Crippen LogP contribution >= 0.6 is 22.7 Å². The Labute approximate surface area is 268 Å². The van der Waals surface area contributed by atoms with Crippen LogP contribution in [0.15, 0.2) is 151 Å². The first kappa shape index (κ1) is 26.1. The lowest BCUT2D eigenvalue weighted by atomic mass is 9.99. The van der Waals surface area contributed by atoms with Crippen LogP contribution in [0, 0.1) is 0 Å². The summed E-state index contributed by atoms with van der Waals surface area (Å²) in [5.74, 6) is 0. The molecule has 0 saturated carbocycles. The first-order valence-electron chi connectivity index (χ1n) is 14.9. The molecule has 9 aromatic rings. The Bertz CT molecular complexity index is 2350. The molecular weight excluding hydrogens is 587 g/mol. The minimum atomic E-state index is 1.18. The number of rotatable bonds is 5. The number of thiazole rings is 2. The molecular formula is C40H25N3S2. The molecule has 6 aromatic carbocycles. The van der Waals surface area contributed by atoms with Gasteiger partial charge in [0.15, 0.2) is 0 Å². The van der Waals surface area contributed by atoms with Crippen LogP contribution in [0.1, 0.15) is 0 Å². The quantitative estimate of drug-likeness (QED) is 0.194. The molecule has 5 heteroatoms. The fourth-order valence-electron chi connectivity index (χ4n) is 6.46. The standard InChI is InChI=1S/C40H25N3S2/c1-2-12-33-26(6-1)7-5-13-36(33)43-37-20-29(27-8-3-10-31(18-27)39-22-41-24-44-39)14-16-34(37)35-17-15-30(21-38(35)43)28-9-4-11-32(19-28)40-23-42-25-45-40/h1-25H. The van der Waals surface area contributed by atoms with Gasteiger partial charge in [0.2, 0.25) is 0 Å². The average molecular weight is 612 g/mol. The summed E-state index contributed by atoms with van der Waals surface area (Å²) >= 11 is 3.34. The second-order valence-corrected chi connectivity index (χ2v) is 13.0. The lowest BCUT2D eigenvalue weighted by Gasteiger charge is -2.13. The van der Waals surface area contributed by atoms with Gasteiger partial charge < -0.3 is 4.57 Å². The second-order valence-electron chi connectivity index (χ2n) is 11.2. The molecule has 0 saturated heterocycles. The zero-order valence-electron chi connectivity index (χ0n) is 24.1. The van der Waals surface area contributed by atoms with Crippen LogP contribution in [0.25, 0.3) is 81.4 Å². The van der Waals surface area contributed by atoms with Crippen LogP contribution in [-0.4, -0.2) is 14.5 Å². The van der Waals surface area contributed by atoms with Gasteiger partial charge in [0.1, 0.15) is 0 Å². The Balaban J connectivity index is 1.29. The summed E-state index contributed by atoms with van der Waals surface area (Å²) in [4.78, 5) is 10.9. The van der Waals surface area contributed by atoms with Crippen molar-refractivity contribution in [3.63, 3.8) is 0 Å². The molecule has 3 nitrogen and oxygen atoms in total. The summed E-state index contributed by atoms with van der Waals surface area (Å²) in [5.41, 5.74) is 14.5. The van der Waals surface area contributed by atoms with Gasteiger partial charge in [-0.1, -0.05) is 97.1 Å². The molecule has 0 aliphatic heterocycles. The zero-order chi connectivity index (χ0) is 29.7. The van der Waals surface area contributed by atoms with E-state index in [1.165, 1.54) is 81.4 Å². The van der Waals surface area contributed by atoms with Crippen LogP contribution in [0.2, 0.25) is 0 Å². The molecule has 0 atom stereocenters. The summed E-state index contributed by atoms with van der Waals surface area (Å²) in [6, 6.07) is 46.6. The van der Waals surface area contributed by atoms with Gasteiger partial charge in [-0.2, -0.15) is 0 Å². The summed E-state index contributed by atoms with van der Waals surface area (Å²) in [5, 5.41) is 4.94. The van der Waals surface area contributed by atoms with Gasteiger partial charge in [-0.05, 0) is 69.1 Å². The Kier molecular flexibility index (Phi) is 6.18. The van der Waals surface area contributed by atoms with Crippen molar-refractivity contribution in [1.29, 1.82) is 0 Å². The molecule has 0 spiro atoms. The SMILES string of the molecule is c1cc(-c2ccc3c4ccc(-c5cccc(-c6cncs6)c5)cc4n(-c4cccc5ccccc45)c3c2)cc(-c2cncs2)c1. The lowest BCUT2D eigenvalue weighted by Crippen LogP contribution is -1.96. The van der Waals surface area contributed by atoms with E-state index in [9.17, 15) is 0 Å². The molecule has 45 heavy (non-hydrogen) atoms. The van der Waals surface area contributed by atoms with Crippen molar-refractivity contribution < 1.29 is 0 Å². The Morgan fingerprint density at radius 2 is 0.933 bits per heavy atom. The Hall–Kier alpha value is -5.36. The van der Waals surface area contributed by atoms with Gasteiger partial charge in [0.05, 0.1) is 37.5 Å². The molecule has 0 amide bonds. The fourth-order valence-corrected chi connectivity index (χ4v) is 7.70. The first-order chi connectivity index (χ1) is 22.3. The third kappa shape index (κ3) is 4.48. The third-order valence-corrected chi connectivity index (χ3v) is 10.2. The summed E-state index contributed by atoms with van der Waals surface area (Å²) in [6.07, 6.45) is 3.88. The highest BCUT2D eigenvalue weighted by molar-refractivity contribution is 7.13. The van der Waals surface area contributed by atoms with Crippen molar-refractivity contribution in [3.8, 4) is 48.8 Å². The highest BCUT2D eigenvalue weighted by Gasteiger charge is 2.17. The van der Waals surface area contributed by atoms with Crippen LogP contribution < -0.4 is 0 Å². The van der Waals surface area contributed by atoms with Crippen molar-refractivity contribution in [2.45, 2.75) is 0 Å². The Morgan fingerprint density at radius 3 is 1.51 bits per heavy atom. The normalized spacial score (nSPS) is 11.6. The molecule has 212 valence electrons. The number of aromatic nitrogens is 3. The van der Waals surface area contributed by atoms with Gasteiger partial charge in [-0.15, -0.1) is 22.7 Å². The molecule has 0 fully saturated rings. The van der Waals surface area contributed by atoms with E-state index in [2.05, 4.69) is 142 Å². The summed E-state index contributed by atoms with van der Waals surface area (Å²) < 4.78 is 2.46. The smallest absolute Gasteiger partial charge is 0.0797 e. The zero-order valence-corrected chi connectivity index (χ0v) is 25.7. The number of hydrogen-bond donors (Lipinski definition) is 0. The fraction of sp³-hybridized carbons (Fsp3) is 0. The molecule has 9 rings (SSSR count). The first-order valence-corrected chi connectivity index (χ1v) is 16.6. The minimum Gasteiger partial charge on any atom is -0.309 e. The topological polar surface area (TPSA) is 30.7 Å². The van der Waals surface area contributed by atoms with Crippen molar-refractivity contribution in [2.24, 2.45) is 0 Å². The van der Waals surface area contributed by atoms with E-state index in [4.69, 9.17) is 0 Å². The maximum absolute atomic E-state index is 4.30. The molecule has 0 N–H and O–H groups in total. The van der Waals surface area contributed by atoms with Crippen molar-refractivity contribution in [3.05, 3.63) is 151 Å². The van der Waals surface area contributed by atoms with Crippen molar-refractivity contribution in [2.75, 3.05) is 0 Å². The number of benzene rings is 6. The predicted octanol–water partition coefficient (Wildman–Crippen LogP) is 11.5. The molecule has 0 aliphatic rings. The van der Waals surface area contributed by atoms with E-state index in [0.717, 1.165) is 0 Å². The molecule has 0 unspecified atom stereocenters. The van der Waals surface area contributed by atoms with Gasteiger partial charge in [0, 0.05) is 28.6 Å². The second kappa shape index (κ2) is 10.7. The number of nitrogens with zero attached hydrogens (tertiary/aromatic N) is 3. The van der Waals surface area contributed by atoms with Crippen molar-refractivity contribution in [1.82, 2.24) is 14.5 Å².